The maximum atomic E-state index is 13.4. The summed E-state index contributed by atoms with van der Waals surface area (Å²) in [4.78, 5) is 26.5. The molecule has 8 atom stereocenters. The molecular weight excluding hydrogens is 955 g/mol. The standard InChI is InChI=1S/C65H117NO10/c1-4-7-10-13-16-19-22-25-26-27-28-29-30-31-32-33-34-35-38-41-44-47-50-53-60(70)76-63-62(72)61(71)59(54-67)75-65(63)74-55-56(57(68)51-48-45-42-39-36-23-20-17-14-11-8-5-2)66-64(73)58(69)52-49-46-43-40-37-24-21-18-15-12-9-6-3/h16,19,25-26,28-29,31-32,48,51,56-59,61-63,65,67-69,71-72H,4-15,17-18,20-24,27,30,33-47,49-50,52-55H2,1-3H3,(H,66,73)/b19-16-,26-25-,29-28-,32-31-,51-48+. The number of hydrogen-bond donors (Lipinski definition) is 6. The van der Waals surface area contributed by atoms with Crippen LogP contribution in [0.1, 0.15) is 278 Å². The van der Waals surface area contributed by atoms with Gasteiger partial charge in [-0.3, -0.25) is 9.59 Å². The number of hydrogen-bond acceptors (Lipinski definition) is 10. The Morgan fingerprint density at radius 3 is 1.38 bits per heavy atom. The molecule has 11 nitrogen and oxygen atoms in total. The summed E-state index contributed by atoms with van der Waals surface area (Å²) in [5.74, 6) is -1.20. The molecule has 1 amide bonds. The van der Waals surface area contributed by atoms with Crippen molar-refractivity contribution in [1.82, 2.24) is 5.32 Å². The molecule has 76 heavy (non-hydrogen) atoms. The highest BCUT2D eigenvalue weighted by Crippen LogP contribution is 2.26. The number of nitrogens with one attached hydrogen (secondary N) is 1. The Labute approximate surface area is 465 Å². The van der Waals surface area contributed by atoms with E-state index in [1.807, 2.05) is 6.08 Å². The average molecular weight is 1070 g/mol. The smallest absolute Gasteiger partial charge is 0.306 e. The largest absolute Gasteiger partial charge is 0.454 e. The van der Waals surface area contributed by atoms with Crippen molar-refractivity contribution in [2.24, 2.45) is 0 Å². The van der Waals surface area contributed by atoms with Gasteiger partial charge in [0.15, 0.2) is 12.4 Å². The summed E-state index contributed by atoms with van der Waals surface area (Å²) in [6.07, 6.45) is 55.4. The number of aliphatic hydroxyl groups excluding tert-OH is 5. The molecular formula is C65H117NO10. The molecule has 0 aromatic carbocycles. The van der Waals surface area contributed by atoms with Gasteiger partial charge in [-0.15, -0.1) is 0 Å². The molecule has 1 fully saturated rings. The monoisotopic (exact) mass is 1070 g/mol. The first-order valence-corrected chi connectivity index (χ1v) is 31.6. The number of ether oxygens (including phenoxy) is 3. The summed E-state index contributed by atoms with van der Waals surface area (Å²) in [6.45, 7) is 5.75. The first kappa shape index (κ1) is 71.4. The van der Waals surface area contributed by atoms with E-state index in [0.717, 1.165) is 103 Å². The number of allylic oxidation sites excluding steroid dienone is 9. The summed E-state index contributed by atoms with van der Waals surface area (Å²) in [5, 5.41) is 56.9. The zero-order valence-electron chi connectivity index (χ0n) is 48.9. The van der Waals surface area contributed by atoms with Crippen LogP contribution in [0, 0.1) is 0 Å². The molecule has 0 radical (unpaired) electrons. The summed E-state index contributed by atoms with van der Waals surface area (Å²) in [7, 11) is 0. The molecule has 0 bridgehead atoms. The van der Waals surface area contributed by atoms with Gasteiger partial charge in [0, 0.05) is 6.42 Å². The Hall–Kier alpha value is -2.64. The van der Waals surface area contributed by atoms with Crippen molar-refractivity contribution < 1.29 is 49.3 Å². The lowest BCUT2D eigenvalue weighted by Gasteiger charge is -2.41. The van der Waals surface area contributed by atoms with Crippen LogP contribution >= 0.6 is 0 Å². The Balaban J connectivity index is 2.64. The highest BCUT2D eigenvalue weighted by Gasteiger charge is 2.47. The van der Waals surface area contributed by atoms with Crippen molar-refractivity contribution in [1.29, 1.82) is 0 Å². The SMILES string of the molecule is CCCCC/C=C\C/C=C\C/C=C\C/C=C\CCCCCCCCCC(=O)OC1C(OCC(NC(=O)C(O)CCCCCCCCCCCCCC)C(O)/C=C/CCCCCCCCCCCC)OC(CO)C(O)C1O. The minimum atomic E-state index is -1.62. The Kier molecular flexibility index (Phi) is 49.8. The number of carbonyl (C=O) groups is 2. The van der Waals surface area contributed by atoms with E-state index in [1.165, 1.54) is 128 Å². The fourth-order valence-electron chi connectivity index (χ4n) is 9.64. The molecule has 8 unspecified atom stereocenters. The van der Waals surface area contributed by atoms with Gasteiger partial charge in [-0.2, -0.15) is 0 Å². The van der Waals surface area contributed by atoms with Crippen LogP contribution < -0.4 is 5.32 Å². The van der Waals surface area contributed by atoms with E-state index in [-0.39, 0.29) is 13.0 Å². The molecule has 1 saturated heterocycles. The molecule has 1 rings (SSSR count). The van der Waals surface area contributed by atoms with Crippen LogP contribution in [-0.4, -0.2) is 99.6 Å². The molecule has 0 aromatic heterocycles. The molecule has 0 aliphatic carbocycles. The van der Waals surface area contributed by atoms with E-state index in [0.29, 0.717) is 19.3 Å². The van der Waals surface area contributed by atoms with Crippen LogP contribution in [0.15, 0.2) is 60.8 Å². The summed E-state index contributed by atoms with van der Waals surface area (Å²) >= 11 is 0. The van der Waals surface area contributed by atoms with Gasteiger partial charge in [-0.1, -0.05) is 261 Å². The number of carbonyl (C=O) groups excluding carboxylic acids is 2. The number of amides is 1. The van der Waals surface area contributed by atoms with Crippen LogP contribution in [-0.2, 0) is 23.8 Å². The molecule has 11 heteroatoms. The predicted octanol–water partition coefficient (Wildman–Crippen LogP) is 15.0. The lowest BCUT2D eigenvalue weighted by atomic mass is 9.99. The van der Waals surface area contributed by atoms with Gasteiger partial charge in [0.1, 0.15) is 24.4 Å². The highest BCUT2D eigenvalue weighted by atomic mass is 16.7. The first-order chi connectivity index (χ1) is 37.2. The molecule has 1 heterocycles. The molecule has 1 aliphatic rings. The minimum absolute atomic E-state index is 0.111. The Bertz CT molecular complexity index is 1460. The summed E-state index contributed by atoms with van der Waals surface area (Å²) in [5.41, 5.74) is 0. The van der Waals surface area contributed by atoms with Crippen LogP contribution in [0.25, 0.3) is 0 Å². The molecule has 6 N–H and O–H groups in total. The van der Waals surface area contributed by atoms with Gasteiger partial charge >= 0.3 is 5.97 Å². The van der Waals surface area contributed by atoms with Crippen molar-refractivity contribution in [3.8, 4) is 0 Å². The zero-order valence-corrected chi connectivity index (χ0v) is 48.9. The summed E-state index contributed by atoms with van der Waals surface area (Å²) < 4.78 is 17.6. The maximum Gasteiger partial charge on any atom is 0.306 e. The predicted molar refractivity (Wildman–Crippen MR) is 315 cm³/mol. The van der Waals surface area contributed by atoms with Gasteiger partial charge in [0.05, 0.1) is 25.4 Å². The van der Waals surface area contributed by atoms with Gasteiger partial charge in [-0.05, 0) is 70.6 Å². The van der Waals surface area contributed by atoms with Crippen LogP contribution in [0.4, 0.5) is 0 Å². The molecule has 0 aromatic rings. The van der Waals surface area contributed by atoms with Crippen molar-refractivity contribution in [2.75, 3.05) is 13.2 Å². The molecule has 0 spiro atoms. The van der Waals surface area contributed by atoms with E-state index >= 15 is 0 Å². The van der Waals surface area contributed by atoms with Gasteiger partial charge in [0.2, 0.25) is 5.91 Å². The average Bonchev–Trinajstić information content (AvgIpc) is 3.42. The number of aliphatic hydroxyl groups is 5. The van der Waals surface area contributed by atoms with Crippen LogP contribution in [0.2, 0.25) is 0 Å². The lowest BCUT2D eigenvalue weighted by molar-refractivity contribution is -0.305. The second kappa shape index (κ2) is 53.0. The van der Waals surface area contributed by atoms with Gasteiger partial charge in [0.25, 0.3) is 0 Å². The van der Waals surface area contributed by atoms with Gasteiger partial charge in [-0.25, -0.2) is 0 Å². The number of esters is 1. The molecule has 1 aliphatic heterocycles. The number of unbranched alkanes of at least 4 members (excludes halogenated alkanes) is 31. The second-order valence-electron chi connectivity index (χ2n) is 21.8. The minimum Gasteiger partial charge on any atom is -0.454 e. The first-order valence-electron chi connectivity index (χ1n) is 31.6. The van der Waals surface area contributed by atoms with Crippen molar-refractivity contribution in [3.63, 3.8) is 0 Å². The van der Waals surface area contributed by atoms with E-state index in [1.54, 1.807) is 6.08 Å². The Morgan fingerprint density at radius 1 is 0.513 bits per heavy atom. The highest BCUT2D eigenvalue weighted by molar-refractivity contribution is 5.80. The molecule has 442 valence electrons. The van der Waals surface area contributed by atoms with Gasteiger partial charge < -0.3 is 45.1 Å². The van der Waals surface area contributed by atoms with Crippen molar-refractivity contribution >= 4 is 11.9 Å². The fraction of sp³-hybridized carbons (Fsp3) is 0.815. The third-order valence-corrected chi connectivity index (χ3v) is 14.7. The van der Waals surface area contributed by atoms with Crippen molar-refractivity contribution in [2.45, 2.75) is 327 Å². The Morgan fingerprint density at radius 2 is 0.908 bits per heavy atom. The third kappa shape index (κ3) is 40.5. The van der Waals surface area contributed by atoms with E-state index in [9.17, 15) is 35.1 Å². The van der Waals surface area contributed by atoms with Crippen LogP contribution in [0.5, 0.6) is 0 Å². The van der Waals surface area contributed by atoms with E-state index in [4.69, 9.17) is 14.2 Å². The fourth-order valence-corrected chi connectivity index (χ4v) is 9.64. The van der Waals surface area contributed by atoms with Crippen molar-refractivity contribution in [3.05, 3.63) is 60.8 Å². The summed E-state index contributed by atoms with van der Waals surface area (Å²) in [6, 6.07) is -1.02. The van der Waals surface area contributed by atoms with E-state index < -0.39 is 67.4 Å². The number of rotatable bonds is 53. The third-order valence-electron chi connectivity index (χ3n) is 14.7. The normalized spacial score (nSPS) is 19.5. The van der Waals surface area contributed by atoms with Crippen LogP contribution in [0.3, 0.4) is 0 Å². The topological polar surface area (TPSA) is 175 Å². The molecule has 0 saturated carbocycles. The quantitative estimate of drug-likeness (QED) is 0.0195. The lowest BCUT2D eigenvalue weighted by Crippen LogP contribution is -2.61. The second-order valence-corrected chi connectivity index (χ2v) is 21.8. The van der Waals surface area contributed by atoms with E-state index in [2.05, 4.69) is 74.7 Å². The zero-order chi connectivity index (χ0) is 55.4. The maximum absolute atomic E-state index is 13.4.